The van der Waals surface area contributed by atoms with Crippen molar-refractivity contribution >= 4 is 28.3 Å². The van der Waals surface area contributed by atoms with Crippen LogP contribution in [0.2, 0.25) is 0 Å². The van der Waals surface area contributed by atoms with Crippen LogP contribution in [0.5, 0.6) is 5.75 Å². The van der Waals surface area contributed by atoms with Crippen molar-refractivity contribution in [3.05, 3.63) is 40.9 Å². The Balaban J connectivity index is 1.61. The molecule has 0 spiro atoms. The average molecular weight is 402 g/mol. The highest BCUT2D eigenvalue weighted by molar-refractivity contribution is 7.15. The zero-order valence-electron chi connectivity index (χ0n) is 16.4. The summed E-state index contributed by atoms with van der Waals surface area (Å²) in [7, 11) is 0. The van der Waals surface area contributed by atoms with Gasteiger partial charge in [0.25, 0.3) is 5.91 Å². The lowest BCUT2D eigenvalue weighted by molar-refractivity contribution is -0.116. The number of aryl methyl sites for hydroxylation is 1. The topological polar surface area (TPSA) is 71.5 Å². The molecule has 2 aromatic rings. The summed E-state index contributed by atoms with van der Waals surface area (Å²) < 4.78 is 5.65. The van der Waals surface area contributed by atoms with E-state index in [1.54, 1.807) is 23.2 Å². The van der Waals surface area contributed by atoms with Crippen molar-refractivity contribution in [3.8, 4) is 5.75 Å². The standard InChI is InChI=1S/C21H27N3O3S/c1-3-4-11-27-18-9-7-17(8-10-18)20(26)24(13-16-5-6-16)14-19(25)23-21-22-12-15(2)28-21/h7-10,12,16H,3-6,11,13-14H2,1-2H3,(H,22,23,25). The van der Waals surface area contributed by atoms with Gasteiger partial charge in [-0.2, -0.15) is 0 Å². The van der Waals surface area contributed by atoms with Crippen molar-refractivity contribution in [3.63, 3.8) is 0 Å². The molecule has 1 aliphatic carbocycles. The van der Waals surface area contributed by atoms with E-state index in [1.165, 1.54) is 11.3 Å². The second-order valence-corrected chi connectivity index (χ2v) is 8.41. The number of aromatic nitrogens is 1. The van der Waals surface area contributed by atoms with Gasteiger partial charge in [0.15, 0.2) is 5.13 Å². The Bertz CT molecular complexity index is 799. The molecule has 1 fully saturated rings. The number of rotatable bonds is 10. The lowest BCUT2D eigenvalue weighted by Gasteiger charge is -2.22. The van der Waals surface area contributed by atoms with Gasteiger partial charge >= 0.3 is 0 Å². The molecule has 0 bridgehead atoms. The third-order valence-electron chi connectivity index (χ3n) is 4.53. The van der Waals surface area contributed by atoms with E-state index < -0.39 is 0 Å². The Kier molecular flexibility index (Phi) is 7.03. The highest BCUT2D eigenvalue weighted by atomic mass is 32.1. The molecule has 0 atom stereocenters. The molecule has 0 aliphatic heterocycles. The van der Waals surface area contributed by atoms with E-state index in [0.717, 1.165) is 36.3 Å². The van der Waals surface area contributed by atoms with Crippen LogP contribution in [0.3, 0.4) is 0 Å². The van der Waals surface area contributed by atoms with Crippen molar-refractivity contribution in [2.75, 3.05) is 25.0 Å². The number of thiazole rings is 1. The number of unbranched alkanes of at least 4 members (excludes halogenated alkanes) is 1. The molecule has 1 heterocycles. The van der Waals surface area contributed by atoms with Gasteiger partial charge in [-0.1, -0.05) is 13.3 Å². The molecular weight excluding hydrogens is 374 g/mol. The SMILES string of the molecule is CCCCOc1ccc(C(=O)N(CC(=O)Nc2ncc(C)s2)CC2CC2)cc1. The zero-order valence-corrected chi connectivity index (χ0v) is 17.3. The number of nitrogens with zero attached hydrogens (tertiary/aromatic N) is 2. The number of ether oxygens (including phenoxy) is 1. The predicted octanol–water partition coefficient (Wildman–Crippen LogP) is 4.12. The van der Waals surface area contributed by atoms with Gasteiger partial charge < -0.3 is 15.0 Å². The minimum atomic E-state index is -0.220. The maximum atomic E-state index is 13.0. The Morgan fingerprint density at radius 2 is 2.04 bits per heavy atom. The fourth-order valence-corrected chi connectivity index (χ4v) is 3.47. The van der Waals surface area contributed by atoms with Crippen molar-refractivity contribution in [1.82, 2.24) is 9.88 Å². The summed E-state index contributed by atoms with van der Waals surface area (Å²) in [6.07, 6.45) is 6.03. The van der Waals surface area contributed by atoms with Gasteiger partial charge in [-0.05, 0) is 56.4 Å². The summed E-state index contributed by atoms with van der Waals surface area (Å²) in [5.41, 5.74) is 0.571. The van der Waals surface area contributed by atoms with Crippen molar-refractivity contribution < 1.29 is 14.3 Å². The second kappa shape index (κ2) is 9.68. The van der Waals surface area contributed by atoms with E-state index in [0.29, 0.717) is 29.8 Å². The summed E-state index contributed by atoms with van der Waals surface area (Å²) in [5.74, 6) is 0.909. The minimum absolute atomic E-state index is 0.0305. The maximum Gasteiger partial charge on any atom is 0.254 e. The molecule has 1 saturated carbocycles. The van der Waals surface area contributed by atoms with E-state index in [-0.39, 0.29) is 18.4 Å². The number of hydrogen-bond donors (Lipinski definition) is 1. The Labute approximate surface area is 169 Å². The van der Waals surface area contributed by atoms with Gasteiger partial charge in [0.05, 0.1) is 6.61 Å². The molecular formula is C21H27N3O3S. The molecule has 0 unspecified atom stereocenters. The van der Waals surface area contributed by atoms with Gasteiger partial charge in [0.1, 0.15) is 12.3 Å². The zero-order chi connectivity index (χ0) is 19.9. The van der Waals surface area contributed by atoms with E-state index in [1.807, 2.05) is 19.1 Å². The van der Waals surface area contributed by atoms with Crippen LogP contribution < -0.4 is 10.1 Å². The Morgan fingerprint density at radius 3 is 2.64 bits per heavy atom. The molecule has 0 saturated heterocycles. The van der Waals surface area contributed by atoms with Crippen molar-refractivity contribution in [1.29, 1.82) is 0 Å². The van der Waals surface area contributed by atoms with E-state index in [9.17, 15) is 9.59 Å². The predicted molar refractivity (Wildman–Crippen MR) is 111 cm³/mol. The molecule has 28 heavy (non-hydrogen) atoms. The molecule has 1 N–H and O–H groups in total. The van der Waals surface area contributed by atoms with Gasteiger partial charge in [-0.15, -0.1) is 11.3 Å². The van der Waals surface area contributed by atoms with Crippen LogP contribution in [-0.4, -0.2) is 41.4 Å². The molecule has 6 nitrogen and oxygen atoms in total. The first-order chi connectivity index (χ1) is 13.5. The van der Waals surface area contributed by atoms with Crippen LogP contribution in [-0.2, 0) is 4.79 Å². The van der Waals surface area contributed by atoms with E-state index >= 15 is 0 Å². The van der Waals surface area contributed by atoms with Crippen LogP contribution in [0.4, 0.5) is 5.13 Å². The fourth-order valence-electron chi connectivity index (χ4n) is 2.79. The van der Waals surface area contributed by atoms with Crippen LogP contribution in [0.15, 0.2) is 30.5 Å². The van der Waals surface area contributed by atoms with Gasteiger partial charge in [-0.3, -0.25) is 9.59 Å². The first kappa shape index (κ1) is 20.3. The van der Waals surface area contributed by atoms with Crippen LogP contribution in [0.25, 0.3) is 0 Å². The molecule has 1 aliphatic rings. The smallest absolute Gasteiger partial charge is 0.254 e. The van der Waals surface area contributed by atoms with Crippen molar-refractivity contribution in [2.24, 2.45) is 5.92 Å². The van der Waals surface area contributed by atoms with Gasteiger partial charge in [0, 0.05) is 23.2 Å². The summed E-state index contributed by atoms with van der Waals surface area (Å²) in [6.45, 7) is 5.37. The lowest BCUT2D eigenvalue weighted by Crippen LogP contribution is -2.39. The third-order valence-corrected chi connectivity index (χ3v) is 5.36. The van der Waals surface area contributed by atoms with Gasteiger partial charge in [0.2, 0.25) is 5.91 Å². The summed E-state index contributed by atoms with van der Waals surface area (Å²) in [6, 6.07) is 7.17. The molecule has 1 aromatic heterocycles. The summed E-state index contributed by atoms with van der Waals surface area (Å²) in [4.78, 5) is 32.2. The van der Waals surface area contributed by atoms with Crippen molar-refractivity contribution in [2.45, 2.75) is 39.5 Å². The van der Waals surface area contributed by atoms with Crippen LogP contribution in [0.1, 0.15) is 47.8 Å². The number of carbonyl (C=O) groups excluding carboxylic acids is 2. The first-order valence-corrected chi connectivity index (χ1v) is 10.6. The highest BCUT2D eigenvalue weighted by Crippen LogP contribution is 2.30. The molecule has 3 rings (SSSR count). The fraction of sp³-hybridized carbons (Fsp3) is 0.476. The number of benzene rings is 1. The normalized spacial score (nSPS) is 13.2. The first-order valence-electron chi connectivity index (χ1n) is 9.79. The number of anilines is 1. The molecule has 150 valence electrons. The highest BCUT2D eigenvalue weighted by Gasteiger charge is 2.28. The molecule has 0 radical (unpaired) electrons. The number of carbonyl (C=O) groups is 2. The molecule has 7 heteroatoms. The quantitative estimate of drug-likeness (QED) is 0.608. The number of amides is 2. The average Bonchev–Trinajstić information content (AvgIpc) is 3.41. The second-order valence-electron chi connectivity index (χ2n) is 7.18. The lowest BCUT2D eigenvalue weighted by atomic mass is 10.1. The number of hydrogen-bond acceptors (Lipinski definition) is 5. The van der Waals surface area contributed by atoms with Crippen LogP contribution in [0, 0.1) is 12.8 Å². The summed E-state index contributed by atoms with van der Waals surface area (Å²) >= 11 is 1.42. The van der Waals surface area contributed by atoms with E-state index in [4.69, 9.17) is 4.74 Å². The third kappa shape index (κ3) is 6.05. The minimum Gasteiger partial charge on any atom is -0.494 e. The summed E-state index contributed by atoms with van der Waals surface area (Å²) in [5, 5.41) is 3.35. The maximum absolute atomic E-state index is 13.0. The number of nitrogens with one attached hydrogen (secondary N) is 1. The van der Waals surface area contributed by atoms with Gasteiger partial charge in [-0.25, -0.2) is 4.98 Å². The Hall–Kier alpha value is -2.41. The molecule has 2 amide bonds. The molecule has 1 aromatic carbocycles. The van der Waals surface area contributed by atoms with Crippen LogP contribution >= 0.6 is 11.3 Å². The largest absolute Gasteiger partial charge is 0.494 e. The Morgan fingerprint density at radius 1 is 1.29 bits per heavy atom. The monoisotopic (exact) mass is 401 g/mol. The van der Waals surface area contributed by atoms with E-state index in [2.05, 4.69) is 17.2 Å².